The minimum absolute atomic E-state index is 0.215. The Morgan fingerprint density at radius 3 is 2.64 bits per heavy atom. The van der Waals surface area contributed by atoms with Gasteiger partial charge in [0.25, 0.3) is 0 Å². The number of amides is 1. The van der Waals surface area contributed by atoms with Crippen molar-refractivity contribution in [1.29, 1.82) is 0 Å². The Kier molecular flexibility index (Phi) is 5.55. The van der Waals surface area contributed by atoms with Crippen LogP contribution in [-0.4, -0.2) is 21.9 Å². The molecular formula is C16H21ClN4O. The Balaban J connectivity index is 2.33. The first-order valence-electron chi connectivity index (χ1n) is 7.38. The summed E-state index contributed by atoms with van der Waals surface area (Å²) in [7, 11) is 0. The normalized spacial score (nSPS) is 12.5. The molecule has 1 unspecified atom stereocenters. The van der Waals surface area contributed by atoms with Crippen LogP contribution < -0.4 is 11.1 Å². The molecule has 0 bridgehead atoms. The molecule has 3 N–H and O–H groups in total. The quantitative estimate of drug-likeness (QED) is 0.768. The molecule has 0 saturated heterocycles. The number of nitrogens with two attached hydrogens (primary N) is 1. The van der Waals surface area contributed by atoms with Crippen molar-refractivity contribution in [2.24, 2.45) is 11.7 Å². The second kappa shape index (κ2) is 7.40. The van der Waals surface area contributed by atoms with Crippen LogP contribution in [0.1, 0.15) is 32.5 Å². The van der Waals surface area contributed by atoms with Crippen LogP contribution in [0.4, 0.5) is 5.82 Å². The molecule has 22 heavy (non-hydrogen) atoms. The molecule has 0 fully saturated rings. The molecule has 1 amide bonds. The molecule has 5 nitrogen and oxygen atoms in total. The number of alkyl halides is 1. The van der Waals surface area contributed by atoms with Crippen molar-refractivity contribution in [3.63, 3.8) is 0 Å². The zero-order valence-corrected chi connectivity index (χ0v) is 13.6. The molecule has 0 spiro atoms. The van der Waals surface area contributed by atoms with E-state index in [1.54, 1.807) is 0 Å². The van der Waals surface area contributed by atoms with E-state index in [1.165, 1.54) is 0 Å². The lowest BCUT2D eigenvalue weighted by Gasteiger charge is -2.18. The molecule has 1 atom stereocenters. The summed E-state index contributed by atoms with van der Waals surface area (Å²) in [5.74, 6) is 1.47. The van der Waals surface area contributed by atoms with Crippen LogP contribution in [0.15, 0.2) is 24.3 Å². The van der Waals surface area contributed by atoms with Crippen molar-refractivity contribution in [2.45, 2.75) is 38.6 Å². The zero-order valence-electron chi connectivity index (χ0n) is 12.8. The van der Waals surface area contributed by atoms with Gasteiger partial charge in [0.1, 0.15) is 17.7 Å². The lowest BCUT2D eigenvalue weighted by molar-refractivity contribution is -0.118. The van der Waals surface area contributed by atoms with Crippen LogP contribution >= 0.6 is 11.6 Å². The number of nitrogens with one attached hydrogen (secondary N) is 1. The fourth-order valence-corrected chi connectivity index (χ4v) is 2.36. The van der Waals surface area contributed by atoms with Gasteiger partial charge in [-0.2, -0.15) is 0 Å². The van der Waals surface area contributed by atoms with Gasteiger partial charge < -0.3 is 11.1 Å². The van der Waals surface area contributed by atoms with E-state index in [9.17, 15) is 4.79 Å². The number of halogens is 1. The van der Waals surface area contributed by atoms with Gasteiger partial charge in [0.15, 0.2) is 0 Å². The lowest BCUT2D eigenvalue weighted by Crippen LogP contribution is -2.36. The van der Waals surface area contributed by atoms with Crippen molar-refractivity contribution >= 4 is 34.2 Å². The van der Waals surface area contributed by atoms with E-state index in [2.05, 4.69) is 29.1 Å². The van der Waals surface area contributed by atoms with Gasteiger partial charge in [0.05, 0.1) is 11.4 Å². The Bertz CT molecular complexity index is 660. The summed E-state index contributed by atoms with van der Waals surface area (Å²) >= 11 is 5.86. The summed E-state index contributed by atoms with van der Waals surface area (Å²) in [4.78, 5) is 20.5. The molecule has 0 aliphatic heterocycles. The van der Waals surface area contributed by atoms with E-state index >= 15 is 0 Å². The SMILES string of the molecule is CC(C)CCC(Nc1nc(CCl)nc2ccccc12)C(N)=O. The van der Waals surface area contributed by atoms with Crippen LogP contribution in [0.5, 0.6) is 0 Å². The molecule has 0 aliphatic carbocycles. The third-order valence-electron chi connectivity index (χ3n) is 3.46. The maximum absolute atomic E-state index is 11.7. The van der Waals surface area contributed by atoms with Gasteiger partial charge in [0, 0.05) is 5.39 Å². The summed E-state index contributed by atoms with van der Waals surface area (Å²) in [6.45, 7) is 4.23. The number of fused-ring (bicyclic) bond motifs is 1. The second-order valence-corrected chi connectivity index (χ2v) is 5.98. The average Bonchev–Trinajstić information content (AvgIpc) is 2.50. The Morgan fingerprint density at radius 1 is 1.27 bits per heavy atom. The number of primary amides is 1. The standard InChI is InChI=1S/C16H21ClN4O/c1-10(2)7-8-13(15(18)22)20-16-11-5-3-4-6-12(11)19-14(9-17)21-16/h3-6,10,13H,7-9H2,1-2H3,(H2,18,22)(H,19,20,21). The molecule has 118 valence electrons. The molecule has 1 aromatic carbocycles. The van der Waals surface area contributed by atoms with E-state index < -0.39 is 6.04 Å². The van der Waals surface area contributed by atoms with Crippen LogP contribution in [0.2, 0.25) is 0 Å². The van der Waals surface area contributed by atoms with E-state index in [0.29, 0.717) is 24.0 Å². The predicted octanol–water partition coefficient (Wildman–Crippen LogP) is 3.07. The highest BCUT2D eigenvalue weighted by Crippen LogP contribution is 2.22. The molecule has 0 aliphatic rings. The van der Waals surface area contributed by atoms with Gasteiger partial charge in [-0.15, -0.1) is 11.6 Å². The molecule has 2 rings (SSSR count). The summed E-state index contributed by atoms with van der Waals surface area (Å²) in [6.07, 6.45) is 1.58. The van der Waals surface area contributed by atoms with Crippen molar-refractivity contribution in [3.8, 4) is 0 Å². The summed E-state index contributed by atoms with van der Waals surface area (Å²) in [5.41, 5.74) is 6.31. The van der Waals surface area contributed by atoms with Crippen molar-refractivity contribution in [1.82, 2.24) is 9.97 Å². The molecular weight excluding hydrogens is 300 g/mol. The second-order valence-electron chi connectivity index (χ2n) is 5.71. The number of rotatable bonds is 7. The molecule has 6 heteroatoms. The highest BCUT2D eigenvalue weighted by atomic mass is 35.5. The van der Waals surface area contributed by atoms with Crippen LogP contribution in [0.3, 0.4) is 0 Å². The first-order chi connectivity index (χ1) is 10.5. The Hall–Kier alpha value is -1.88. The topological polar surface area (TPSA) is 80.9 Å². The van der Waals surface area contributed by atoms with E-state index in [4.69, 9.17) is 17.3 Å². The van der Waals surface area contributed by atoms with Gasteiger partial charge in [-0.05, 0) is 30.9 Å². The maximum Gasteiger partial charge on any atom is 0.239 e. The number of para-hydroxylation sites is 1. The number of aromatic nitrogens is 2. The molecule has 1 heterocycles. The maximum atomic E-state index is 11.7. The number of hydrogen-bond acceptors (Lipinski definition) is 4. The third-order valence-corrected chi connectivity index (χ3v) is 3.70. The first-order valence-corrected chi connectivity index (χ1v) is 7.92. The fourth-order valence-electron chi connectivity index (χ4n) is 2.25. The van der Waals surface area contributed by atoms with Crippen molar-refractivity contribution in [3.05, 3.63) is 30.1 Å². The fraction of sp³-hybridized carbons (Fsp3) is 0.438. The highest BCUT2D eigenvalue weighted by Gasteiger charge is 2.18. The Labute approximate surface area is 135 Å². The highest BCUT2D eigenvalue weighted by molar-refractivity contribution is 6.16. The number of carbonyl (C=O) groups is 1. The summed E-state index contributed by atoms with van der Waals surface area (Å²) in [6, 6.07) is 7.16. The largest absolute Gasteiger partial charge is 0.368 e. The van der Waals surface area contributed by atoms with Gasteiger partial charge >= 0.3 is 0 Å². The Morgan fingerprint density at radius 2 is 2.00 bits per heavy atom. The number of hydrogen-bond donors (Lipinski definition) is 2. The number of nitrogens with zero attached hydrogens (tertiary/aromatic N) is 2. The van der Waals surface area contributed by atoms with Gasteiger partial charge in [0.2, 0.25) is 5.91 Å². The number of carbonyl (C=O) groups excluding carboxylic acids is 1. The van der Waals surface area contributed by atoms with Gasteiger partial charge in [-0.25, -0.2) is 9.97 Å². The van der Waals surface area contributed by atoms with E-state index in [0.717, 1.165) is 17.3 Å². The third kappa shape index (κ3) is 4.07. The van der Waals surface area contributed by atoms with E-state index in [-0.39, 0.29) is 11.8 Å². The predicted molar refractivity (Wildman–Crippen MR) is 89.8 cm³/mol. The molecule has 1 aromatic heterocycles. The first kappa shape index (κ1) is 16.5. The smallest absolute Gasteiger partial charge is 0.239 e. The zero-order chi connectivity index (χ0) is 16.1. The number of anilines is 1. The van der Waals surface area contributed by atoms with Crippen LogP contribution in [0, 0.1) is 5.92 Å². The molecule has 0 radical (unpaired) electrons. The monoisotopic (exact) mass is 320 g/mol. The van der Waals surface area contributed by atoms with Crippen LogP contribution in [0.25, 0.3) is 10.9 Å². The van der Waals surface area contributed by atoms with E-state index in [1.807, 2.05) is 24.3 Å². The number of benzene rings is 1. The summed E-state index contributed by atoms with van der Waals surface area (Å²) < 4.78 is 0. The van der Waals surface area contributed by atoms with Gasteiger partial charge in [-0.3, -0.25) is 4.79 Å². The average molecular weight is 321 g/mol. The van der Waals surface area contributed by atoms with Crippen LogP contribution in [-0.2, 0) is 10.7 Å². The van der Waals surface area contributed by atoms with Gasteiger partial charge in [-0.1, -0.05) is 26.0 Å². The lowest BCUT2D eigenvalue weighted by atomic mass is 10.0. The van der Waals surface area contributed by atoms with Crippen molar-refractivity contribution in [2.75, 3.05) is 5.32 Å². The summed E-state index contributed by atoms with van der Waals surface area (Å²) in [5, 5.41) is 4.02. The van der Waals surface area contributed by atoms with Crippen molar-refractivity contribution < 1.29 is 4.79 Å². The molecule has 0 saturated carbocycles. The molecule has 2 aromatic rings. The minimum atomic E-state index is -0.455. The minimum Gasteiger partial charge on any atom is -0.368 e.